The summed E-state index contributed by atoms with van der Waals surface area (Å²) in [6.07, 6.45) is 7.09. The minimum absolute atomic E-state index is 0.342. The van der Waals surface area contributed by atoms with E-state index in [4.69, 9.17) is 0 Å². The summed E-state index contributed by atoms with van der Waals surface area (Å²) in [7, 11) is -3.35. The molecule has 2 heterocycles. The van der Waals surface area contributed by atoms with Crippen LogP contribution in [0.15, 0.2) is 38.8 Å². The number of hydrogen-bond donors (Lipinski definition) is 1. The maximum Gasteiger partial charge on any atom is 0.250 e. The van der Waals surface area contributed by atoms with E-state index in [2.05, 4.69) is 25.6 Å². The van der Waals surface area contributed by atoms with E-state index in [1.807, 2.05) is 10.8 Å². The molecule has 0 spiro atoms. The largest absolute Gasteiger partial charge is 0.337 e. The Kier molecular flexibility index (Phi) is 5.14. The zero-order chi connectivity index (χ0) is 13.7. The molecule has 0 aliphatic carbocycles. The van der Waals surface area contributed by atoms with Crippen LogP contribution in [0.25, 0.3) is 0 Å². The van der Waals surface area contributed by atoms with E-state index in [9.17, 15) is 8.42 Å². The lowest BCUT2D eigenvalue weighted by Gasteiger charge is -2.05. The number of aryl methyl sites for hydroxylation is 1. The minimum atomic E-state index is -3.35. The van der Waals surface area contributed by atoms with Crippen molar-refractivity contribution in [3.63, 3.8) is 0 Å². The average Bonchev–Trinajstić information content (AvgIpc) is 3.00. The van der Waals surface area contributed by atoms with Crippen molar-refractivity contribution >= 4 is 37.3 Å². The summed E-state index contributed by atoms with van der Waals surface area (Å²) in [6, 6.07) is 3.33. The Morgan fingerprint density at radius 2 is 2.21 bits per heavy atom. The van der Waals surface area contributed by atoms with E-state index in [0.717, 1.165) is 23.2 Å². The van der Waals surface area contributed by atoms with Gasteiger partial charge in [-0.25, -0.2) is 18.1 Å². The Hall–Kier alpha value is -0.700. The van der Waals surface area contributed by atoms with E-state index in [1.165, 1.54) is 11.3 Å². The Morgan fingerprint density at radius 1 is 1.37 bits per heavy atom. The van der Waals surface area contributed by atoms with E-state index in [1.54, 1.807) is 24.7 Å². The second-order valence-electron chi connectivity index (χ2n) is 3.96. The number of halogens is 1. The first-order valence-electron chi connectivity index (χ1n) is 5.79. The number of aromatic nitrogens is 2. The fourth-order valence-electron chi connectivity index (χ4n) is 1.56. The molecule has 0 fully saturated rings. The van der Waals surface area contributed by atoms with Crippen LogP contribution in [0, 0.1) is 0 Å². The molecule has 0 radical (unpaired) electrons. The van der Waals surface area contributed by atoms with E-state index < -0.39 is 10.0 Å². The smallest absolute Gasteiger partial charge is 0.250 e. The Morgan fingerprint density at radius 3 is 2.84 bits per heavy atom. The normalized spacial score (nSPS) is 11.8. The van der Waals surface area contributed by atoms with Gasteiger partial charge >= 0.3 is 0 Å². The fourth-order valence-corrected chi connectivity index (χ4v) is 4.69. The molecule has 0 unspecified atom stereocenters. The molecule has 2 rings (SSSR count). The summed E-state index contributed by atoms with van der Waals surface area (Å²) in [5.74, 6) is 0. The molecule has 2 aromatic heterocycles. The first kappa shape index (κ1) is 14.7. The summed E-state index contributed by atoms with van der Waals surface area (Å²) >= 11 is 4.47. The van der Waals surface area contributed by atoms with Crippen molar-refractivity contribution < 1.29 is 8.42 Å². The average molecular weight is 364 g/mol. The van der Waals surface area contributed by atoms with Crippen LogP contribution in [-0.4, -0.2) is 24.5 Å². The summed E-state index contributed by atoms with van der Waals surface area (Å²) in [6.45, 7) is 1.30. The molecule has 5 nitrogen and oxygen atoms in total. The maximum absolute atomic E-state index is 11.9. The van der Waals surface area contributed by atoms with Crippen molar-refractivity contribution in [3.05, 3.63) is 34.6 Å². The summed E-state index contributed by atoms with van der Waals surface area (Å²) < 4.78 is 29.5. The van der Waals surface area contributed by atoms with Crippen LogP contribution in [0.2, 0.25) is 0 Å². The standard InChI is InChI=1S/C11H14BrN3O2S2/c12-10-3-4-11(18-10)19(16,17)14-5-1-2-7-15-8-6-13-9-15/h3-4,6,8-9,14H,1-2,5,7H2. The Bertz CT molecular complexity index is 608. The molecule has 104 valence electrons. The number of unbranched alkanes of at least 4 members (excludes halogenated alkanes) is 1. The highest BCUT2D eigenvalue weighted by Crippen LogP contribution is 2.25. The quantitative estimate of drug-likeness (QED) is 0.768. The third-order valence-corrected chi connectivity index (χ3v) is 6.08. The summed E-state index contributed by atoms with van der Waals surface area (Å²) in [5.41, 5.74) is 0. The molecular formula is C11H14BrN3O2S2. The molecule has 19 heavy (non-hydrogen) atoms. The third kappa shape index (κ3) is 4.41. The van der Waals surface area contributed by atoms with Crippen molar-refractivity contribution in [1.82, 2.24) is 14.3 Å². The third-order valence-electron chi connectivity index (χ3n) is 2.51. The highest BCUT2D eigenvalue weighted by Gasteiger charge is 2.15. The predicted octanol–water partition coefficient (Wildman–Crippen LogP) is 2.47. The van der Waals surface area contributed by atoms with Crippen molar-refractivity contribution in [3.8, 4) is 0 Å². The number of nitrogens with one attached hydrogen (secondary N) is 1. The van der Waals surface area contributed by atoms with Crippen molar-refractivity contribution in [1.29, 1.82) is 0 Å². The van der Waals surface area contributed by atoms with Gasteiger partial charge in [0.05, 0.1) is 10.1 Å². The van der Waals surface area contributed by atoms with Gasteiger partial charge in [0.25, 0.3) is 0 Å². The van der Waals surface area contributed by atoms with Crippen LogP contribution in [0.1, 0.15) is 12.8 Å². The van der Waals surface area contributed by atoms with Crippen LogP contribution in [0.5, 0.6) is 0 Å². The van der Waals surface area contributed by atoms with Gasteiger partial charge in [0, 0.05) is 25.5 Å². The van der Waals surface area contributed by atoms with Gasteiger partial charge in [-0.15, -0.1) is 11.3 Å². The Labute approximate surface area is 124 Å². The lowest BCUT2D eigenvalue weighted by Crippen LogP contribution is -2.24. The van der Waals surface area contributed by atoms with E-state index >= 15 is 0 Å². The molecule has 0 aliphatic heterocycles. The number of rotatable bonds is 7. The topological polar surface area (TPSA) is 64.0 Å². The van der Waals surface area contributed by atoms with E-state index in [0.29, 0.717) is 10.8 Å². The lowest BCUT2D eigenvalue weighted by atomic mass is 10.3. The van der Waals surface area contributed by atoms with E-state index in [-0.39, 0.29) is 0 Å². The highest BCUT2D eigenvalue weighted by molar-refractivity contribution is 9.11. The molecule has 0 aliphatic rings. The van der Waals surface area contributed by atoms with Gasteiger partial charge in [-0.3, -0.25) is 0 Å². The first-order chi connectivity index (χ1) is 9.08. The van der Waals surface area contributed by atoms with Crippen LogP contribution in [-0.2, 0) is 16.6 Å². The monoisotopic (exact) mass is 363 g/mol. The highest BCUT2D eigenvalue weighted by atomic mass is 79.9. The SMILES string of the molecule is O=S(=O)(NCCCCn1ccnc1)c1ccc(Br)s1. The second kappa shape index (κ2) is 6.65. The van der Waals surface area contributed by atoms with Gasteiger partial charge < -0.3 is 4.57 Å². The molecule has 0 saturated carbocycles. The molecule has 8 heteroatoms. The Balaban J connectivity index is 1.73. The van der Waals surface area contributed by atoms with Gasteiger partial charge in [0.1, 0.15) is 4.21 Å². The van der Waals surface area contributed by atoms with Crippen LogP contribution >= 0.6 is 27.3 Å². The zero-order valence-corrected chi connectivity index (χ0v) is 13.3. The van der Waals surface area contributed by atoms with Crippen molar-refractivity contribution in [2.75, 3.05) is 6.54 Å². The fraction of sp³-hybridized carbons (Fsp3) is 0.364. The van der Waals surface area contributed by atoms with Gasteiger partial charge in [-0.2, -0.15) is 0 Å². The van der Waals surface area contributed by atoms with Gasteiger partial charge in [0.15, 0.2) is 0 Å². The van der Waals surface area contributed by atoms with Gasteiger partial charge in [-0.1, -0.05) is 0 Å². The zero-order valence-electron chi connectivity index (χ0n) is 10.1. The minimum Gasteiger partial charge on any atom is -0.337 e. The van der Waals surface area contributed by atoms with Crippen molar-refractivity contribution in [2.45, 2.75) is 23.6 Å². The molecule has 0 amide bonds. The molecule has 1 N–H and O–H groups in total. The number of hydrogen-bond acceptors (Lipinski definition) is 4. The van der Waals surface area contributed by atoms with Crippen LogP contribution in [0.4, 0.5) is 0 Å². The van der Waals surface area contributed by atoms with Gasteiger partial charge in [-0.05, 0) is 40.9 Å². The second-order valence-corrected chi connectivity index (χ2v) is 8.42. The number of sulfonamides is 1. The lowest BCUT2D eigenvalue weighted by molar-refractivity contribution is 0.567. The molecule has 0 aromatic carbocycles. The number of thiophene rings is 1. The number of nitrogens with zero attached hydrogens (tertiary/aromatic N) is 2. The summed E-state index contributed by atoms with van der Waals surface area (Å²) in [4.78, 5) is 3.95. The molecule has 0 saturated heterocycles. The molecule has 0 atom stereocenters. The van der Waals surface area contributed by atoms with Crippen LogP contribution in [0.3, 0.4) is 0 Å². The maximum atomic E-state index is 11.9. The first-order valence-corrected chi connectivity index (χ1v) is 8.88. The van der Waals surface area contributed by atoms with Crippen LogP contribution < -0.4 is 4.72 Å². The van der Waals surface area contributed by atoms with Gasteiger partial charge in [0.2, 0.25) is 10.0 Å². The molecule has 2 aromatic rings. The molecule has 0 bridgehead atoms. The predicted molar refractivity (Wildman–Crippen MR) is 78.7 cm³/mol. The molecular weight excluding hydrogens is 350 g/mol. The van der Waals surface area contributed by atoms with Crippen molar-refractivity contribution in [2.24, 2.45) is 0 Å². The number of imidazole rings is 1. The summed E-state index contributed by atoms with van der Waals surface area (Å²) in [5, 5.41) is 0.